The van der Waals surface area contributed by atoms with Crippen LogP contribution in [0.1, 0.15) is 34.7 Å². The van der Waals surface area contributed by atoms with E-state index in [9.17, 15) is 0 Å². The van der Waals surface area contributed by atoms with E-state index in [1.54, 1.807) is 6.20 Å². The number of anilines is 2. The SMILES string of the molecule is Cc1cc(C2C(c3ccccn3)NC(=S)N2c2ccc(N3CCOCC3)cc2)c(C)n1-c1cccnc1. The third-order valence-corrected chi connectivity index (χ3v) is 7.61. The standard InChI is InChI=1S/C29H30N6OS/c1-20-18-25(21(2)34(20)24-6-5-12-30-19-24)28-27(26-7-3-4-13-31-26)32-29(37)35(28)23-10-8-22(9-11-23)33-14-16-36-17-15-33/h3-13,18-19,27-28H,14-17H2,1-2H3,(H,32,37). The molecule has 1 N–H and O–H groups in total. The maximum atomic E-state index is 5.95. The fourth-order valence-corrected chi connectivity index (χ4v) is 5.91. The second-order valence-corrected chi connectivity index (χ2v) is 9.87. The number of benzene rings is 1. The molecular weight excluding hydrogens is 480 g/mol. The van der Waals surface area contributed by atoms with Gasteiger partial charge in [0.25, 0.3) is 0 Å². The van der Waals surface area contributed by atoms with Crippen LogP contribution in [0.5, 0.6) is 0 Å². The normalized spacial score (nSPS) is 19.8. The van der Waals surface area contributed by atoms with Crippen molar-refractivity contribution in [2.75, 3.05) is 36.1 Å². The van der Waals surface area contributed by atoms with Crippen molar-refractivity contribution >= 4 is 28.7 Å². The Morgan fingerprint density at radius 1 is 0.919 bits per heavy atom. The van der Waals surface area contributed by atoms with Crippen LogP contribution in [0.2, 0.25) is 0 Å². The highest BCUT2D eigenvalue weighted by Gasteiger charge is 2.42. The molecule has 6 rings (SSSR count). The number of pyridine rings is 2. The summed E-state index contributed by atoms with van der Waals surface area (Å²) in [6, 6.07) is 21.0. The molecule has 2 aliphatic heterocycles. The number of thiocarbonyl (C=S) groups is 1. The predicted molar refractivity (Wildman–Crippen MR) is 150 cm³/mol. The summed E-state index contributed by atoms with van der Waals surface area (Å²) in [4.78, 5) is 13.7. The Morgan fingerprint density at radius 2 is 1.70 bits per heavy atom. The van der Waals surface area contributed by atoms with Gasteiger partial charge in [0, 0.05) is 48.2 Å². The lowest BCUT2D eigenvalue weighted by molar-refractivity contribution is 0.122. The van der Waals surface area contributed by atoms with Crippen molar-refractivity contribution in [1.82, 2.24) is 19.9 Å². The van der Waals surface area contributed by atoms with Crippen molar-refractivity contribution in [2.45, 2.75) is 25.9 Å². The molecule has 0 radical (unpaired) electrons. The predicted octanol–water partition coefficient (Wildman–Crippen LogP) is 4.90. The molecule has 4 aromatic rings. The van der Waals surface area contributed by atoms with Crippen LogP contribution in [0.3, 0.4) is 0 Å². The Bertz CT molecular complexity index is 1380. The van der Waals surface area contributed by atoms with Gasteiger partial charge in [-0.2, -0.15) is 0 Å². The molecule has 37 heavy (non-hydrogen) atoms. The van der Waals surface area contributed by atoms with E-state index in [1.807, 2.05) is 30.6 Å². The van der Waals surface area contributed by atoms with Gasteiger partial charge in [-0.15, -0.1) is 0 Å². The fraction of sp³-hybridized carbons (Fsp3) is 0.276. The average molecular weight is 511 g/mol. The molecule has 2 atom stereocenters. The number of ether oxygens (including phenoxy) is 1. The first-order valence-corrected chi connectivity index (χ1v) is 13.1. The van der Waals surface area contributed by atoms with Crippen molar-refractivity contribution in [3.05, 3.63) is 102 Å². The molecular formula is C29H30N6OS. The largest absolute Gasteiger partial charge is 0.378 e. The topological polar surface area (TPSA) is 58.5 Å². The minimum absolute atomic E-state index is 0.0618. The molecule has 2 fully saturated rings. The molecule has 2 unspecified atom stereocenters. The second-order valence-electron chi connectivity index (χ2n) is 9.49. The average Bonchev–Trinajstić information content (AvgIpc) is 3.45. The smallest absolute Gasteiger partial charge is 0.174 e. The zero-order valence-corrected chi connectivity index (χ0v) is 21.9. The third-order valence-electron chi connectivity index (χ3n) is 7.30. The van der Waals surface area contributed by atoms with Crippen LogP contribution >= 0.6 is 12.2 Å². The van der Waals surface area contributed by atoms with Gasteiger partial charge in [0.1, 0.15) is 0 Å². The molecule has 5 heterocycles. The van der Waals surface area contributed by atoms with Crippen LogP contribution in [0.25, 0.3) is 5.69 Å². The number of nitrogens with one attached hydrogen (secondary N) is 1. The first-order valence-electron chi connectivity index (χ1n) is 12.6. The third kappa shape index (κ3) is 4.36. The van der Waals surface area contributed by atoms with Gasteiger partial charge in [-0.1, -0.05) is 6.07 Å². The molecule has 1 aromatic carbocycles. The van der Waals surface area contributed by atoms with Gasteiger partial charge in [-0.25, -0.2) is 0 Å². The lowest BCUT2D eigenvalue weighted by Crippen LogP contribution is -2.36. The van der Waals surface area contributed by atoms with E-state index in [2.05, 4.69) is 81.0 Å². The summed E-state index contributed by atoms with van der Waals surface area (Å²) >= 11 is 5.95. The monoisotopic (exact) mass is 510 g/mol. The number of nitrogens with zero attached hydrogens (tertiary/aromatic N) is 5. The summed E-state index contributed by atoms with van der Waals surface area (Å²) in [5, 5.41) is 4.29. The van der Waals surface area contributed by atoms with Gasteiger partial charge >= 0.3 is 0 Å². The Morgan fingerprint density at radius 3 is 2.41 bits per heavy atom. The van der Waals surface area contributed by atoms with Crippen LogP contribution in [0.4, 0.5) is 11.4 Å². The lowest BCUT2D eigenvalue weighted by atomic mass is 9.96. The highest BCUT2D eigenvalue weighted by molar-refractivity contribution is 7.80. The summed E-state index contributed by atoms with van der Waals surface area (Å²) in [5.41, 5.74) is 7.81. The Kier molecular flexibility index (Phi) is 6.36. The van der Waals surface area contributed by atoms with Gasteiger partial charge < -0.3 is 24.4 Å². The van der Waals surface area contributed by atoms with E-state index in [1.165, 1.54) is 11.3 Å². The number of morpholine rings is 1. The first-order chi connectivity index (χ1) is 18.1. The number of hydrogen-bond donors (Lipinski definition) is 1. The van der Waals surface area contributed by atoms with Crippen LogP contribution in [-0.4, -0.2) is 46.0 Å². The Labute approximate surface area is 222 Å². The number of rotatable bonds is 5. The van der Waals surface area contributed by atoms with E-state index >= 15 is 0 Å². The van der Waals surface area contributed by atoms with Gasteiger partial charge in [0.05, 0.1) is 42.9 Å². The van der Waals surface area contributed by atoms with Gasteiger partial charge in [-0.3, -0.25) is 9.97 Å². The minimum atomic E-state index is -0.0875. The van der Waals surface area contributed by atoms with Crippen LogP contribution in [0.15, 0.2) is 79.3 Å². The molecule has 2 saturated heterocycles. The van der Waals surface area contributed by atoms with Gasteiger partial charge in [0.2, 0.25) is 0 Å². The molecule has 188 valence electrons. The molecule has 3 aromatic heterocycles. The number of aromatic nitrogens is 3. The Balaban J connectivity index is 1.43. The van der Waals surface area contributed by atoms with E-state index in [0.29, 0.717) is 5.11 Å². The van der Waals surface area contributed by atoms with Crippen LogP contribution < -0.4 is 15.1 Å². The first kappa shape index (κ1) is 23.6. The molecule has 8 heteroatoms. The molecule has 0 amide bonds. The maximum absolute atomic E-state index is 5.95. The molecule has 2 aliphatic rings. The minimum Gasteiger partial charge on any atom is -0.378 e. The maximum Gasteiger partial charge on any atom is 0.174 e. The summed E-state index contributed by atoms with van der Waals surface area (Å²) in [5.74, 6) is 0. The highest BCUT2D eigenvalue weighted by atomic mass is 32.1. The second kappa shape index (κ2) is 9.95. The zero-order valence-electron chi connectivity index (χ0n) is 21.0. The number of aryl methyl sites for hydroxylation is 1. The number of hydrogen-bond acceptors (Lipinski definition) is 5. The fourth-order valence-electron chi connectivity index (χ4n) is 5.56. The molecule has 0 aliphatic carbocycles. The van der Waals surface area contributed by atoms with Crippen LogP contribution in [0, 0.1) is 13.8 Å². The lowest BCUT2D eigenvalue weighted by Gasteiger charge is -2.31. The Hall–Kier alpha value is -3.75. The van der Waals surface area contributed by atoms with Gasteiger partial charge in [0.15, 0.2) is 5.11 Å². The highest BCUT2D eigenvalue weighted by Crippen LogP contribution is 2.44. The quantitative estimate of drug-likeness (QED) is 0.383. The molecule has 0 spiro atoms. The van der Waals surface area contributed by atoms with Crippen molar-refractivity contribution in [3.8, 4) is 5.69 Å². The van der Waals surface area contributed by atoms with E-state index in [4.69, 9.17) is 21.9 Å². The van der Waals surface area contributed by atoms with Crippen molar-refractivity contribution in [2.24, 2.45) is 0 Å². The zero-order chi connectivity index (χ0) is 25.4. The summed E-state index contributed by atoms with van der Waals surface area (Å²) in [6.07, 6.45) is 5.55. The summed E-state index contributed by atoms with van der Waals surface area (Å²) in [7, 11) is 0. The van der Waals surface area contributed by atoms with Crippen molar-refractivity contribution in [3.63, 3.8) is 0 Å². The molecule has 7 nitrogen and oxygen atoms in total. The summed E-state index contributed by atoms with van der Waals surface area (Å²) < 4.78 is 7.79. The molecule has 0 bridgehead atoms. The van der Waals surface area contributed by atoms with E-state index in [-0.39, 0.29) is 12.1 Å². The van der Waals surface area contributed by atoms with Crippen LogP contribution in [-0.2, 0) is 4.74 Å². The van der Waals surface area contributed by atoms with Crippen molar-refractivity contribution in [1.29, 1.82) is 0 Å². The van der Waals surface area contributed by atoms with Gasteiger partial charge in [-0.05, 0) is 86.2 Å². The summed E-state index contributed by atoms with van der Waals surface area (Å²) in [6.45, 7) is 7.67. The molecule has 0 saturated carbocycles. The van der Waals surface area contributed by atoms with E-state index < -0.39 is 0 Å². The van der Waals surface area contributed by atoms with E-state index in [0.717, 1.165) is 54.8 Å². The van der Waals surface area contributed by atoms with Crippen molar-refractivity contribution < 1.29 is 4.74 Å².